The molecule has 1 saturated carbocycles. The monoisotopic (exact) mass is 262 g/mol. The van der Waals surface area contributed by atoms with Gasteiger partial charge in [0.15, 0.2) is 0 Å². The predicted octanol–water partition coefficient (Wildman–Crippen LogP) is 0.978. The molecule has 0 bridgehead atoms. The van der Waals surface area contributed by atoms with E-state index in [1.165, 1.54) is 0 Å². The lowest BCUT2D eigenvalue weighted by Gasteiger charge is -2.29. The Morgan fingerprint density at radius 2 is 1.95 bits per heavy atom. The van der Waals surface area contributed by atoms with Crippen LogP contribution < -0.4 is 11.1 Å². The Labute approximate surface area is 114 Å². The summed E-state index contributed by atoms with van der Waals surface area (Å²) in [6.45, 7) is -0.00318. The molecular weight excluding hydrogens is 240 g/mol. The molecule has 1 aliphatic rings. The minimum absolute atomic E-state index is 0.00318. The lowest BCUT2D eigenvalue weighted by molar-refractivity contribution is -0.124. The summed E-state index contributed by atoms with van der Waals surface area (Å²) in [6, 6.07) is 9.17. The maximum absolute atomic E-state index is 12.1. The van der Waals surface area contributed by atoms with Crippen LogP contribution in [0.3, 0.4) is 0 Å². The molecule has 0 aliphatic heterocycles. The molecule has 4 N–H and O–H groups in total. The molecule has 0 saturated heterocycles. The SMILES string of the molecule is N[C@@H](Cc1ccccc1)C(=O)NC1(CO)CCCC1. The van der Waals surface area contributed by atoms with Gasteiger partial charge in [-0.25, -0.2) is 0 Å². The molecule has 0 radical (unpaired) electrons. The number of carbonyl (C=O) groups excluding carboxylic acids is 1. The molecule has 1 amide bonds. The highest BCUT2D eigenvalue weighted by Gasteiger charge is 2.35. The van der Waals surface area contributed by atoms with E-state index < -0.39 is 11.6 Å². The van der Waals surface area contributed by atoms with E-state index in [0.717, 1.165) is 31.2 Å². The van der Waals surface area contributed by atoms with Crippen molar-refractivity contribution in [2.24, 2.45) is 5.73 Å². The second-order valence-electron chi connectivity index (χ2n) is 5.43. The van der Waals surface area contributed by atoms with Gasteiger partial charge in [-0.2, -0.15) is 0 Å². The molecule has 2 rings (SSSR count). The third-order valence-electron chi connectivity index (χ3n) is 3.89. The second kappa shape index (κ2) is 6.17. The summed E-state index contributed by atoms with van der Waals surface area (Å²) in [6.07, 6.45) is 4.30. The quantitative estimate of drug-likeness (QED) is 0.740. The Hall–Kier alpha value is -1.39. The number of rotatable bonds is 5. The fourth-order valence-corrected chi connectivity index (χ4v) is 2.69. The van der Waals surface area contributed by atoms with Gasteiger partial charge in [-0.15, -0.1) is 0 Å². The number of aliphatic hydroxyl groups is 1. The largest absolute Gasteiger partial charge is 0.394 e. The molecule has 104 valence electrons. The Morgan fingerprint density at radius 1 is 1.32 bits per heavy atom. The van der Waals surface area contributed by atoms with Gasteiger partial charge in [0, 0.05) is 0 Å². The summed E-state index contributed by atoms with van der Waals surface area (Å²) in [5.74, 6) is -0.167. The Kier molecular flexibility index (Phi) is 4.56. The number of hydrogen-bond acceptors (Lipinski definition) is 3. The molecule has 4 nitrogen and oxygen atoms in total. The highest BCUT2D eigenvalue weighted by atomic mass is 16.3. The second-order valence-corrected chi connectivity index (χ2v) is 5.43. The highest BCUT2D eigenvalue weighted by molar-refractivity contribution is 5.82. The van der Waals surface area contributed by atoms with Crippen LogP contribution in [0.5, 0.6) is 0 Å². The van der Waals surface area contributed by atoms with E-state index in [2.05, 4.69) is 5.32 Å². The van der Waals surface area contributed by atoms with Gasteiger partial charge >= 0.3 is 0 Å². The first-order valence-electron chi connectivity index (χ1n) is 6.88. The van der Waals surface area contributed by atoms with Gasteiger partial charge in [0.25, 0.3) is 0 Å². The molecule has 1 fully saturated rings. The molecule has 4 heteroatoms. The van der Waals surface area contributed by atoms with Crippen molar-refractivity contribution < 1.29 is 9.90 Å². The zero-order chi connectivity index (χ0) is 13.7. The van der Waals surface area contributed by atoms with Gasteiger partial charge in [0.2, 0.25) is 5.91 Å². The van der Waals surface area contributed by atoms with Gasteiger partial charge in [-0.05, 0) is 24.8 Å². The smallest absolute Gasteiger partial charge is 0.237 e. The van der Waals surface area contributed by atoms with Crippen LogP contribution >= 0.6 is 0 Å². The van der Waals surface area contributed by atoms with Crippen molar-refractivity contribution >= 4 is 5.91 Å². The van der Waals surface area contributed by atoms with Crippen LogP contribution in [0.1, 0.15) is 31.2 Å². The van der Waals surface area contributed by atoms with E-state index >= 15 is 0 Å². The summed E-state index contributed by atoms with van der Waals surface area (Å²) in [7, 11) is 0. The minimum atomic E-state index is -0.563. The molecule has 0 spiro atoms. The van der Waals surface area contributed by atoms with Crippen LogP contribution in [0.4, 0.5) is 0 Å². The number of aliphatic hydroxyl groups excluding tert-OH is 1. The fraction of sp³-hybridized carbons (Fsp3) is 0.533. The van der Waals surface area contributed by atoms with Crippen molar-refractivity contribution in [1.82, 2.24) is 5.32 Å². The summed E-state index contributed by atoms with van der Waals surface area (Å²) in [5, 5.41) is 12.4. The molecule has 1 aromatic carbocycles. The lowest BCUT2D eigenvalue weighted by atomic mass is 9.97. The Bertz CT molecular complexity index is 413. The molecule has 0 heterocycles. The van der Waals surface area contributed by atoms with Gasteiger partial charge in [-0.3, -0.25) is 4.79 Å². The van der Waals surface area contributed by atoms with Gasteiger partial charge < -0.3 is 16.2 Å². The van der Waals surface area contributed by atoms with E-state index in [9.17, 15) is 9.90 Å². The molecule has 19 heavy (non-hydrogen) atoms. The van der Waals surface area contributed by atoms with E-state index in [0.29, 0.717) is 6.42 Å². The molecule has 1 aliphatic carbocycles. The minimum Gasteiger partial charge on any atom is -0.394 e. The number of carbonyl (C=O) groups is 1. The summed E-state index contributed by atoms with van der Waals surface area (Å²) >= 11 is 0. The van der Waals surface area contributed by atoms with Crippen molar-refractivity contribution in [1.29, 1.82) is 0 Å². The topological polar surface area (TPSA) is 75.4 Å². The van der Waals surface area contributed by atoms with Crippen LogP contribution in [-0.2, 0) is 11.2 Å². The highest BCUT2D eigenvalue weighted by Crippen LogP contribution is 2.29. The van der Waals surface area contributed by atoms with Crippen molar-refractivity contribution in [3.8, 4) is 0 Å². The standard InChI is InChI=1S/C15H22N2O2/c16-13(10-12-6-2-1-3-7-12)14(19)17-15(11-18)8-4-5-9-15/h1-3,6-7,13,18H,4-5,8-11,16H2,(H,17,19)/t13-/m0/s1. The first-order chi connectivity index (χ1) is 9.15. The molecular formula is C15H22N2O2. The molecule has 0 unspecified atom stereocenters. The maximum Gasteiger partial charge on any atom is 0.237 e. The van der Waals surface area contributed by atoms with E-state index in [1.54, 1.807) is 0 Å². The summed E-state index contributed by atoms with van der Waals surface area (Å²) in [4.78, 5) is 12.1. The third kappa shape index (κ3) is 3.55. The first kappa shape index (κ1) is 14.0. The van der Waals surface area contributed by atoms with E-state index in [-0.39, 0.29) is 12.5 Å². The number of amides is 1. The van der Waals surface area contributed by atoms with Crippen LogP contribution in [-0.4, -0.2) is 29.2 Å². The molecule has 1 aromatic rings. The Morgan fingerprint density at radius 3 is 2.53 bits per heavy atom. The molecule has 0 aromatic heterocycles. The molecule has 1 atom stereocenters. The summed E-state index contributed by atoms with van der Waals surface area (Å²) in [5.41, 5.74) is 6.56. The lowest BCUT2D eigenvalue weighted by Crippen LogP contribution is -2.54. The Balaban J connectivity index is 1.92. The predicted molar refractivity (Wildman–Crippen MR) is 74.5 cm³/mol. The van der Waals surface area contributed by atoms with Crippen LogP contribution in [0.25, 0.3) is 0 Å². The number of nitrogens with one attached hydrogen (secondary N) is 1. The van der Waals surface area contributed by atoms with E-state index in [4.69, 9.17) is 5.73 Å². The van der Waals surface area contributed by atoms with Gasteiger partial charge in [0.05, 0.1) is 18.2 Å². The fourth-order valence-electron chi connectivity index (χ4n) is 2.69. The first-order valence-corrected chi connectivity index (χ1v) is 6.88. The zero-order valence-electron chi connectivity index (χ0n) is 11.1. The van der Waals surface area contributed by atoms with Crippen LogP contribution in [0.2, 0.25) is 0 Å². The third-order valence-corrected chi connectivity index (χ3v) is 3.89. The zero-order valence-corrected chi connectivity index (χ0v) is 11.1. The summed E-state index contributed by atoms with van der Waals surface area (Å²) < 4.78 is 0. The average Bonchev–Trinajstić information content (AvgIpc) is 2.89. The number of benzene rings is 1. The van der Waals surface area contributed by atoms with Crippen molar-refractivity contribution in [2.45, 2.75) is 43.7 Å². The van der Waals surface area contributed by atoms with Crippen LogP contribution in [0.15, 0.2) is 30.3 Å². The van der Waals surface area contributed by atoms with Gasteiger partial charge in [-0.1, -0.05) is 43.2 Å². The van der Waals surface area contributed by atoms with E-state index in [1.807, 2.05) is 30.3 Å². The van der Waals surface area contributed by atoms with Crippen molar-refractivity contribution in [3.05, 3.63) is 35.9 Å². The van der Waals surface area contributed by atoms with Crippen molar-refractivity contribution in [3.63, 3.8) is 0 Å². The van der Waals surface area contributed by atoms with Crippen molar-refractivity contribution in [2.75, 3.05) is 6.61 Å². The van der Waals surface area contributed by atoms with Gasteiger partial charge in [0.1, 0.15) is 0 Å². The average molecular weight is 262 g/mol. The maximum atomic E-state index is 12.1. The normalized spacial score (nSPS) is 19.1. The number of hydrogen-bond donors (Lipinski definition) is 3. The number of nitrogens with two attached hydrogens (primary N) is 1. The van der Waals surface area contributed by atoms with Crippen LogP contribution in [0, 0.1) is 0 Å².